The van der Waals surface area contributed by atoms with Crippen molar-refractivity contribution in [3.63, 3.8) is 0 Å². The fourth-order valence-corrected chi connectivity index (χ4v) is 3.16. The molecule has 0 spiro atoms. The number of alkyl halides is 3. The third-order valence-corrected chi connectivity index (χ3v) is 4.94. The van der Waals surface area contributed by atoms with Crippen LogP contribution in [-0.2, 0) is 12.7 Å². The summed E-state index contributed by atoms with van der Waals surface area (Å²) in [4.78, 5) is 18.4. The number of halogens is 3. The molecule has 0 saturated heterocycles. The van der Waals surface area contributed by atoms with E-state index >= 15 is 0 Å². The van der Waals surface area contributed by atoms with E-state index in [2.05, 4.69) is 9.97 Å². The highest BCUT2D eigenvalue weighted by molar-refractivity contribution is 5.63. The number of nitro groups is 1. The van der Waals surface area contributed by atoms with Gasteiger partial charge in [-0.25, -0.2) is 4.98 Å². The molecule has 1 aliphatic heterocycles. The fraction of sp³-hybridized carbons (Fsp3) is 0.300. The standard InChI is InChI=1S/C20H17F3N4O4/c1-19(8-9-26-11-16(27(28)29)25-18(26)31-19)12-30-17-7-4-14(10-24-17)13-2-5-15(6-3-13)20(21,22)23/h2-7,10-11H,8-9,12H2,1H3. The summed E-state index contributed by atoms with van der Waals surface area (Å²) in [5, 5.41) is 10.9. The van der Waals surface area contributed by atoms with Gasteiger partial charge in [0.25, 0.3) is 0 Å². The summed E-state index contributed by atoms with van der Waals surface area (Å²) in [7, 11) is 0. The van der Waals surface area contributed by atoms with Gasteiger partial charge >= 0.3 is 18.0 Å². The smallest absolute Gasteiger partial charge is 0.416 e. The summed E-state index contributed by atoms with van der Waals surface area (Å²) in [6, 6.07) is 8.30. The first kappa shape index (κ1) is 20.6. The number of hydrogen-bond donors (Lipinski definition) is 0. The van der Waals surface area contributed by atoms with Crippen LogP contribution in [0.25, 0.3) is 11.1 Å². The molecule has 1 aliphatic rings. The van der Waals surface area contributed by atoms with Gasteiger partial charge in [0, 0.05) is 35.8 Å². The van der Waals surface area contributed by atoms with E-state index in [-0.39, 0.29) is 18.4 Å². The average molecular weight is 434 g/mol. The lowest BCUT2D eigenvalue weighted by molar-refractivity contribution is -0.389. The summed E-state index contributed by atoms with van der Waals surface area (Å²) in [6.45, 7) is 2.45. The molecule has 4 rings (SSSR count). The first-order valence-electron chi connectivity index (χ1n) is 9.30. The van der Waals surface area contributed by atoms with Gasteiger partial charge in [0.15, 0.2) is 0 Å². The Kier molecular flexibility index (Phi) is 5.03. The van der Waals surface area contributed by atoms with E-state index in [9.17, 15) is 23.3 Å². The molecule has 1 unspecified atom stereocenters. The van der Waals surface area contributed by atoms with Crippen molar-refractivity contribution in [3.8, 4) is 23.0 Å². The number of fused-ring (bicyclic) bond motifs is 1. The number of hydrogen-bond acceptors (Lipinski definition) is 6. The van der Waals surface area contributed by atoms with Gasteiger partial charge < -0.3 is 19.6 Å². The molecule has 1 atom stereocenters. The first-order chi connectivity index (χ1) is 14.6. The second kappa shape index (κ2) is 7.56. The van der Waals surface area contributed by atoms with Crippen LogP contribution in [0, 0.1) is 10.1 Å². The lowest BCUT2D eigenvalue weighted by Crippen LogP contribution is -2.43. The average Bonchev–Trinajstić information content (AvgIpc) is 3.15. The number of imidazole rings is 1. The third kappa shape index (κ3) is 4.44. The van der Waals surface area contributed by atoms with Gasteiger partial charge in [0.05, 0.1) is 5.56 Å². The van der Waals surface area contributed by atoms with Crippen LogP contribution in [0.5, 0.6) is 11.9 Å². The molecule has 0 bridgehead atoms. The summed E-state index contributed by atoms with van der Waals surface area (Å²) >= 11 is 0. The van der Waals surface area contributed by atoms with Gasteiger partial charge in [0.2, 0.25) is 5.88 Å². The summed E-state index contributed by atoms with van der Waals surface area (Å²) < 4.78 is 51.2. The Balaban J connectivity index is 1.40. The van der Waals surface area contributed by atoms with Crippen LogP contribution in [0.4, 0.5) is 19.0 Å². The number of aryl methyl sites for hydroxylation is 1. The molecular weight excluding hydrogens is 417 g/mol. The molecule has 0 radical (unpaired) electrons. The largest absolute Gasteiger partial charge is 0.473 e. The second-order valence-electron chi connectivity index (χ2n) is 7.38. The summed E-state index contributed by atoms with van der Waals surface area (Å²) in [5.74, 6) is 0.0427. The van der Waals surface area contributed by atoms with Crippen molar-refractivity contribution in [2.45, 2.75) is 31.7 Å². The minimum atomic E-state index is -4.38. The van der Waals surface area contributed by atoms with Gasteiger partial charge in [-0.1, -0.05) is 12.1 Å². The van der Waals surface area contributed by atoms with Crippen LogP contribution in [0.2, 0.25) is 0 Å². The minimum Gasteiger partial charge on any atom is -0.473 e. The van der Waals surface area contributed by atoms with Crippen LogP contribution < -0.4 is 9.47 Å². The quantitative estimate of drug-likeness (QED) is 0.434. The lowest BCUT2D eigenvalue weighted by Gasteiger charge is -2.32. The maximum atomic E-state index is 12.7. The molecule has 2 aromatic heterocycles. The fourth-order valence-electron chi connectivity index (χ4n) is 3.16. The van der Waals surface area contributed by atoms with Gasteiger partial charge in [-0.2, -0.15) is 13.2 Å². The number of rotatable bonds is 5. The molecule has 3 heterocycles. The maximum Gasteiger partial charge on any atom is 0.416 e. The number of ether oxygens (including phenoxy) is 2. The Hall–Kier alpha value is -3.63. The van der Waals surface area contributed by atoms with E-state index in [4.69, 9.17) is 9.47 Å². The highest BCUT2D eigenvalue weighted by Gasteiger charge is 2.37. The molecule has 0 N–H and O–H groups in total. The molecule has 31 heavy (non-hydrogen) atoms. The van der Waals surface area contributed by atoms with E-state index in [0.717, 1.165) is 12.1 Å². The van der Waals surface area contributed by atoms with Crippen LogP contribution in [-0.4, -0.2) is 31.7 Å². The minimum absolute atomic E-state index is 0.139. The van der Waals surface area contributed by atoms with Gasteiger partial charge in [-0.15, -0.1) is 0 Å². The predicted molar refractivity (Wildman–Crippen MR) is 103 cm³/mol. The van der Waals surface area contributed by atoms with Crippen LogP contribution in [0.1, 0.15) is 18.9 Å². The third-order valence-electron chi connectivity index (χ3n) is 4.94. The van der Waals surface area contributed by atoms with Crippen molar-refractivity contribution in [1.82, 2.24) is 14.5 Å². The topological polar surface area (TPSA) is 92.3 Å². The number of nitrogens with zero attached hydrogens (tertiary/aromatic N) is 4. The Labute approximate surface area is 174 Å². The Bertz CT molecular complexity index is 1100. The van der Waals surface area contributed by atoms with E-state index in [1.165, 1.54) is 24.5 Å². The zero-order valence-corrected chi connectivity index (χ0v) is 16.3. The number of benzene rings is 1. The number of aromatic nitrogens is 3. The molecule has 0 saturated carbocycles. The molecule has 11 heteroatoms. The number of pyridine rings is 1. The van der Waals surface area contributed by atoms with Gasteiger partial charge in [-0.05, 0) is 35.6 Å². The van der Waals surface area contributed by atoms with E-state index in [1.807, 2.05) is 6.92 Å². The highest BCUT2D eigenvalue weighted by Crippen LogP contribution is 2.32. The molecule has 0 aliphatic carbocycles. The van der Waals surface area contributed by atoms with Crippen molar-refractivity contribution in [2.24, 2.45) is 0 Å². The monoisotopic (exact) mass is 434 g/mol. The van der Waals surface area contributed by atoms with Crippen LogP contribution in [0.15, 0.2) is 48.8 Å². The maximum absolute atomic E-state index is 12.7. The second-order valence-corrected chi connectivity index (χ2v) is 7.38. The van der Waals surface area contributed by atoms with Crippen molar-refractivity contribution in [1.29, 1.82) is 0 Å². The highest BCUT2D eigenvalue weighted by atomic mass is 19.4. The summed E-state index contributed by atoms with van der Waals surface area (Å²) in [5.41, 5.74) is -0.210. The molecule has 162 valence electrons. The van der Waals surface area contributed by atoms with Crippen molar-refractivity contribution >= 4 is 5.82 Å². The predicted octanol–water partition coefficient (Wildman–Crippen LogP) is 4.49. The molecule has 3 aromatic rings. The van der Waals surface area contributed by atoms with Crippen LogP contribution >= 0.6 is 0 Å². The Morgan fingerprint density at radius 2 is 1.94 bits per heavy atom. The van der Waals surface area contributed by atoms with E-state index in [1.54, 1.807) is 16.7 Å². The molecule has 0 fully saturated rings. The SMILES string of the molecule is CC1(COc2ccc(-c3ccc(C(F)(F)F)cc3)cn2)CCn2cc([N+](=O)[O-])nc2O1. The summed E-state index contributed by atoms with van der Waals surface area (Å²) in [6.07, 6.45) is -0.986. The van der Waals surface area contributed by atoms with Crippen molar-refractivity contribution in [3.05, 3.63) is 64.5 Å². The lowest BCUT2D eigenvalue weighted by atomic mass is 10.0. The van der Waals surface area contributed by atoms with Crippen molar-refractivity contribution in [2.75, 3.05) is 6.61 Å². The van der Waals surface area contributed by atoms with E-state index < -0.39 is 22.3 Å². The van der Waals surface area contributed by atoms with Crippen LogP contribution in [0.3, 0.4) is 0 Å². The van der Waals surface area contributed by atoms with Gasteiger partial charge in [-0.3, -0.25) is 4.57 Å². The van der Waals surface area contributed by atoms with E-state index in [0.29, 0.717) is 30.0 Å². The zero-order valence-electron chi connectivity index (χ0n) is 16.3. The molecular formula is C20H17F3N4O4. The van der Waals surface area contributed by atoms with Gasteiger partial charge in [0.1, 0.15) is 18.4 Å². The molecule has 0 amide bonds. The zero-order chi connectivity index (χ0) is 22.2. The normalized spacial score (nSPS) is 18.2. The first-order valence-corrected chi connectivity index (χ1v) is 9.30. The molecule has 1 aromatic carbocycles. The Morgan fingerprint density at radius 3 is 2.55 bits per heavy atom. The Morgan fingerprint density at radius 1 is 1.23 bits per heavy atom. The van der Waals surface area contributed by atoms with Crippen molar-refractivity contribution < 1.29 is 27.6 Å². The molecule has 8 nitrogen and oxygen atoms in total.